The van der Waals surface area contributed by atoms with Crippen molar-refractivity contribution in [3.8, 4) is 11.5 Å². The van der Waals surface area contributed by atoms with Crippen molar-refractivity contribution in [2.24, 2.45) is 0 Å². The van der Waals surface area contributed by atoms with Crippen LogP contribution in [0.1, 0.15) is 32.8 Å². The fourth-order valence-corrected chi connectivity index (χ4v) is 5.39. The molecule has 0 bridgehead atoms. The molecule has 2 unspecified atom stereocenters. The first kappa shape index (κ1) is 30.5. The van der Waals surface area contributed by atoms with Crippen LogP contribution >= 0.6 is 0 Å². The fourth-order valence-electron chi connectivity index (χ4n) is 3.97. The van der Waals surface area contributed by atoms with Gasteiger partial charge in [0.25, 0.3) is 10.0 Å². The first-order chi connectivity index (χ1) is 19.1. The van der Waals surface area contributed by atoms with Gasteiger partial charge in [-0.1, -0.05) is 37.3 Å². The van der Waals surface area contributed by atoms with Gasteiger partial charge in [0, 0.05) is 12.6 Å². The molecule has 0 saturated heterocycles. The molecule has 2 amide bonds. The fraction of sp³-hybridized carbons (Fsp3) is 0.333. The Kier molecular flexibility index (Phi) is 10.6. The van der Waals surface area contributed by atoms with Crippen molar-refractivity contribution in [2.75, 3.05) is 25.1 Å². The Balaban J connectivity index is 1.99. The van der Waals surface area contributed by atoms with E-state index in [0.29, 0.717) is 17.2 Å². The summed E-state index contributed by atoms with van der Waals surface area (Å²) in [7, 11) is -1.09. The smallest absolute Gasteiger partial charge is 0.264 e. The summed E-state index contributed by atoms with van der Waals surface area (Å²) >= 11 is 0. The zero-order chi connectivity index (χ0) is 29.3. The van der Waals surface area contributed by atoms with Crippen LogP contribution in [0.3, 0.4) is 0 Å². The molecule has 0 radical (unpaired) electrons. The van der Waals surface area contributed by atoms with Gasteiger partial charge in [0.15, 0.2) is 0 Å². The molecule has 0 aliphatic rings. The van der Waals surface area contributed by atoms with Crippen LogP contribution in [-0.2, 0) is 26.2 Å². The molecule has 2 atom stereocenters. The molecule has 0 heterocycles. The monoisotopic (exact) mass is 567 g/mol. The molecule has 0 aliphatic heterocycles. The lowest BCUT2D eigenvalue weighted by Gasteiger charge is -2.32. The predicted octanol–water partition coefficient (Wildman–Crippen LogP) is 4.23. The van der Waals surface area contributed by atoms with E-state index < -0.39 is 28.5 Å². The number of amides is 2. The summed E-state index contributed by atoms with van der Waals surface area (Å²) in [5.41, 5.74) is 1.09. The van der Waals surface area contributed by atoms with Crippen LogP contribution in [0, 0.1) is 0 Å². The third-order valence-electron chi connectivity index (χ3n) is 6.65. The zero-order valence-electron chi connectivity index (χ0n) is 23.5. The summed E-state index contributed by atoms with van der Waals surface area (Å²) in [6.07, 6.45) is 0.729. The molecule has 0 spiro atoms. The van der Waals surface area contributed by atoms with Gasteiger partial charge in [0.1, 0.15) is 24.1 Å². The van der Waals surface area contributed by atoms with Crippen LogP contribution in [-0.4, -0.2) is 58.0 Å². The Morgan fingerprint density at radius 3 is 1.93 bits per heavy atom. The maximum atomic E-state index is 13.9. The normalized spacial score (nSPS) is 12.6. The summed E-state index contributed by atoms with van der Waals surface area (Å²) in [6, 6.07) is 20.6. The second-order valence-electron chi connectivity index (χ2n) is 9.39. The van der Waals surface area contributed by atoms with Gasteiger partial charge in [0.05, 0.1) is 24.8 Å². The van der Waals surface area contributed by atoms with Crippen molar-refractivity contribution in [3.63, 3.8) is 0 Å². The second kappa shape index (κ2) is 13.8. The van der Waals surface area contributed by atoms with Gasteiger partial charge in [-0.05, 0) is 74.4 Å². The standard InChI is InChI=1S/C30H37N3O6S/c1-6-22(2)31-30(35)23(3)32(20-24-12-14-26(38-4)15-13-24)29(34)21-33(25-10-8-7-9-11-25)40(36,37)28-18-16-27(39-5)17-19-28/h7-19,22-23H,6,20-21H2,1-5H3,(H,31,35). The Hall–Kier alpha value is -4.05. The predicted molar refractivity (Wildman–Crippen MR) is 155 cm³/mol. The number of nitrogens with zero attached hydrogens (tertiary/aromatic N) is 2. The number of hydrogen-bond acceptors (Lipinski definition) is 6. The lowest BCUT2D eigenvalue weighted by molar-refractivity contribution is -0.139. The average molecular weight is 568 g/mol. The molecule has 214 valence electrons. The third-order valence-corrected chi connectivity index (χ3v) is 8.44. The Morgan fingerprint density at radius 1 is 0.850 bits per heavy atom. The first-order valence-corrected chi connectivity index (χ1v) is 14.5. The maximum Gasteiger partial charge on any atom is 0.264 e. The van der Waals surface area contributed by atoms with Crippen molar-refractivity contribution in [1.29, 1.82) is 0 Å². The molecule has 0 aliphatic carbocycles. The van der Waals surface area contributed by atoms with E-state index in [0.717, 1.165) is 16.3 Å². The molecular formula is C30H37N3O6S. The van der Waals surface area contributed by atoms with Crippen LogP contribution in [0.4, 0.5) is 5.69 Å². The van der Waals surface area contributed by atoms with E-state index in [4.69, 9.17) is 9.47 Å². The van der Waals surface area contributed by atoms with Crippen molar-refractivity contribution >= 4 is 27.5 Å². The second-order valence-corrected chi connectivity index (χ2v) is 11.2. The molecule has 9 nitrogen and oxygen atoms in total. The molecule has 3 aromatic rings. The quantitative estimate of drug-likeness (QED) is 0.332. The van der Waals surface area contributed by atoms with Crippen molar-refractivity contribution in [2.45, 2.75) is 50.7 Å². The van der Waals surface area contributed by atoms with E-state index in [9.17, 15) is 18.0 Å². The number of anilines is 1. The van der Waals surface area contributed by atoms with Crippen LogP contribution < -0.4 is 19.1 Å². The van der Waals surface area contributed by atoms with Gasteiger partial charge < -0.3 is 19.7 Å². The lowest BCUT2D eigenvalue weighted by Crippen LogP contribution is -2.52. The van der Waals surface area contributed by atoms with Crippen LogP contribution in [0.25, 0.3) is 0 Å². The van der Waals surface area contributed by atoms with Crippen molar-refractivity contribution < 1.29 is 27.5 Å². The minimum absolute atomic E-state index is 0.00854. The molecule has 10 heteroatoms. The minimum Gasteiger partial charge on any atom is -0.497 e. The number of ether oxygens (including phenoxy) is 2. The van der Waals surface area contributed by atoms with Crippen LogP contribution in [0.15, 0.2) is 83.8 Å². The number of methoxy groups -OCH3 is 2. The van der Waals surface area contributed by atoms with E-state index in [1.807, 2.05) is 26.0 Å². The van der Waals surface area contributed by atoms with Gasteiger partial charge in [-0.3, -0.25) is 13.9 Å². The number of nitrogens with one attached hydrogen (secondary N) is 1. The van der Waals surface area contributed by atoms with Gasteiger partial charge in [0.2, 0.25) is 11.8 Å². The number of benzene rings is 3. The number of rotatable bonds is 13. The molecule has 1 N–H and O–H groups in total. The number of sulfonamides is 1. The molecule has 0 aromatic heterocycles. The lowest BCUT2D eigenvalue weighted by atomic mass is 10.1. The van der Waals surface area contributed by atoms with Gasteiger partial charge >= 0.3 is 0 Å². The number of carbonyl (C=O) groups is 2. The van der Waals surface area contributed by atoms with Gasteiger partial charge in [-0.15, -0.1) is 0 Å². The maximum absolute atomic E-state index is 13.9. The average Bonchev–Trinajstić information content (AvgIpc) is 2.98. The molecule has 0 fully saturated rings. The molecular weight excluding hydrogens is 530 g/mol. The topological polar surface area (TPSA) is 105 Å². The highest BCUT2D eigenvalue weighted by Crippen LogP contribution is 2.26. The molecule has 3 aromatic carbocycles. The molecule has 40 heavy (non-hydrogen) atoms. The van der Waals surface area contributed by atoms with E-state index in [1.165, 1.54) is 24.1 Å². The SMILES string of the molecule is CCC(C)NC(=O)C(C)N(Cc1ccc(OC)cc1)C(=O)CN(c1ccccc1)S(=O)(=O)c1ccc(OC)cc1. The van der Waals surface area contributed by atoms with Gasteiger partial charge in [-0.25, -0.2) is 8.42 Å². The summed E-state index contributed by atoms with van der Waals surface area (Å²) in [5, 5.41) is 2.92. The highest BCUT2D eigenvalue weighted by molar-refractivity contribution is 7.92. The summed E-state index contributed by atoms with van der Waals surface area (Å²) in [5.74, 6) is 0.321. The van der Waals surface area contributed by atoms with E-state index in [-0.39, 0.29) is 23.4 Å². The summed E-state index contributed by atoms with van der Waals surface area (Å²) in [6.45, 7) is 5.08. The van der Waals surface area contributed by atoms with Crippen LogP contribution in [0.2, 0.25) is 0 Å². The van der Waals surface area contributed by atoms with Gasteiger partial charge in [-0.2, -0.15) is 0 Å². The summed E-state index contributed by atoms with van der Waals surface area (Å²) < 4.78 is 39.1. The van der Waals surface area contributed by atoms with E-state index in [1.54, 1.807) is 68.6 Å². The van der Waals surface area contributed by atoms with Crippen LogP contribution in [0.5, 0.6) is 11.5 Å². The Labute approximate surface area is 236 Å². The largest absolute Gasteiger partial charge is 0.497 e. The number of hydrogen-bond donors (Lipinski definition) is 1. The highest BCUT2D eigenvalue weighted by atomic mass is 32.2. The highest BCUT2D eigenvalue weighted by Gasteiger charge is 2.32. The molecule has 0 saturated carbocycles. The number of para-hydroxylation sites is 1. The molecule has 3 rings (SSSR count). The summed E-state index contributed by atoms with van der Waals surface area (Å²) in [4.78, 5) is 28.5. The minimum atomic E-state index is -4.15. The first-order valence-electron chi connectivity index (χ1n) is 13.0. The van der Waals surface area contributed by atoms with E-state index >= 15 is 0 Å². The third kappa shape index (κ3) is 7.53. The Bertz CT molecular complexity index is 1360. The van der Waals surface area contributed by atoms with Crippen molar-refractivity contribution in [1.82, 2.24) is 10.2 Å². The Morgan fingerprint density at radius 2 is 1.40 bits per heavy atom. The number of carbonyl (C=O) groups excluding carboxylic acids is 2. The zero-order valence-corrected chi connectivity index (χ0v) is 24.4. The van der Waals surface area contributed by atoms with Crippen molar-refractivity contribution in [3.05, 3.63) is 84.4 Å². The van der Waals surface area contributed by atoms with E-state index in [2.05, 4.69) is 5.32 Å².